The molecule has 0 amide bonds. The minimum atomic E-state index is 0.492. The number of benzene rings is 1. The second kappa shape index (κ2) is 7.31. The first-order valence-corrected chi connectivity index (χ1v) is 5.84. The van der Waals surface area contributed by atoms with E-state index in [4.69, 9.17) is 16.3 Å². The molecule has 0 aliphatic rings. The van der Waals surface area contributed by atoms with Gasteiger partial charge in [-0.1, -0.05) is 23.7 Å². The highest BCUT2D eigenvalue weighted by Gasteiger charge is 2.00. The predicted octanol–water partition coefficient (Wildman–Crippen LogP) is 2.97. The number of ether oxygens (including phenoxy) is 1. The van der Waals surface area contributed by atoms with Crippen LogP contribution in [0.25, 0.3) is 0 Å². The lowest BCUT2D eigenvalue weighted by atomic mass is 10.1. The van der Waals surface area contributed by atoms with Crippen molar-refractivity contribution in [2.75, 3.05) is 13.7 Å². The zero-order valence-corrected chi connectivity index (χ0v) is 10.5. The number of nitrogens with one attached hydrogen (secondary N) is 1. The van der Waals surface area contributed by atoms with Gasteiger partial charge in [-0.25, -0.2) is 0 Å². The van der Waals surface area contributed by atoms with E-state index in [1.165, 1.54) is 11.1 Å². The van der Waals surface area contributed by atoms with Crippen molar-refractivity contribution in [1.29, 1.82) is 0 Å². The van der Waals surface area contributed by atoms with Crippen molar-refractivity contribution >= 4 is 11.6 Å². The summed E-state index contributed by atoms with van der Waals surface area (Å²) in [6.45, 7) is 2.67. The van der Waals surface area contributed by atoms with E-state index in [0.29, 0.717) is 12.6 Å². The van der Waals surface area contributed by atoms with Crippen LogP contribution in [0, 0.1) is 0 Å². The maximum Gasteiger partial charge on any atom is 0.119 e. The highest BCUT2D eigenvalue weighted by molar-refractivity contribution is 6.25. The number of likely N-dealkylation sites (N-methyl/N-ethyl adjacent to an activating group) is 1. The van der Waals surface area contributed by atoms with Gasteiger partial charge < -0.3 is 10.1 Å². The Hall–Kier alpha value is -0.990. The van der Waals surface area contributed by atoms with Crippen LogP contribution >= 0.6 is 11.6 Å². The van der Waals surface area contributed by atoms with Crippen LogP contribution in [0.3, 0.4) is 0 Å². The third kappa shape index (κ3) is 4.69. The molecule has 0 aliphatic heterocycles. The molecule has 0 saturated heterocycles. The van der Waals surface area contributed by atoms with Crippen LogP contribution in [-0.2, 0) is 6.42 Å². The molecule has 0 saturated carbocycles. The van der Waals surface area contributed by atoms with Gasteiger partial charge in [0.1, 0.15) is 12.4 Å². The molecule has 0 aromatic heterocycles. The largest absolute Gasteiger partial charge is 0.490 e. The van der Waals surface area contributed by atoms with E-state index in [1.54, 1.807) is 6.08 Å². The molecule has 1 aromatic rings. The van der Waals surface area contributed by atoms with Crippen LogP contribution in [0.5, 0.6) is 5.75 Å². The molecule has 0 heterocycles. The van der Waals surface area contributed by atoms with Crippen molar-refractivity contribution in [1.82, 2.24) is 5.32 Å². The summed E-state index contributed by atoms with van der Waals surface area (Å²) in [4.78, 5) is 0. The lowest BCUT2D eigenvalue weighted by molar-refractivity contribution is 0.363. The summed E-state index contributed by atoms with van der Waals surface area (Å²) in [7, 11) is 1.97. The van der Waals surface area contributed by atoms with Crippen LogP contribution in [-0.4, -0.2) is 19.7 Å². The maximum absolute atomic E-state index is 5.45. The van der Waals surface area contributed by atoms with E-state index in [-0.39, 0.29) is 0 Å². The second-order valence-corrected chi connectivity index (χ2v) is 3.96. The van der Waals surface area contributed by atoms with Crippen molar-refractivity contribution in [2.24, 2.45) is 0 Å². The number of rotatable bonds is 6. The predicted molar refractivity (Wildman–Crippen MR) is 69.2 cm³/mol. The third-order valence-electron chi connectivity index (χ3n) is 2.39. The van der Waals surface area contributed by atoms with Gasteiger partial charge in [0.2, 0.25) is 0 Å². The lowest BCUT2D eigenvalue weighted by Crippen LogP contribution is -2.23. The second-order valence-electron chi connectivity index (χ2n) is 3.71. The Morgan fingerprint density at radius 3 is 2.62 bits per heavy atom. The molecule has 1 atom stereocenters. The van der Waals surface area contributed by atoms with Crippen molar-refractivity contribution in [3.05, 3.63) is 41.4 Å². The van der Waals surface area contributed by atoms with Gasteiger partial charge in [0.05, 0.1) is 0 Å². The minimum Gasteiger partial charge on any atom is -0.490 e. The summed E-state index contributed by atoms with van der Waals surface area (Å²) in [6, 6.07) is 8.65. The van der Waals surface area contributed by atoms with Crippen LogP contribution < -0.4 is 10.1 Å². The first kappa shape index (κ1) is 13.1. The van der Waals surface area contributed by atoms with Gasteiger partial charge in [-0.15, -0.1) is 0 Å². The molecule has 0 spiro atoms. The molecular weight excluding hydrogens is 222 g/mol. The Balaban J connectivity index is 2.47. The first-order chi connectivity index (χ1) is 7.76. The molecule has 16 heavy (non-hydrogen) atoms. The van der Waals surface area contributed by atoms with Crippen LogP contribution in [0.1, 0.15) is 12.5 Å². The summed E-state index contributed by atoms with van der Waals surface area (Å²) in [5, 5.41) is 3.21. The Bertz CT molecular complexity index is 321. The fourth-order valence-electron chi connectivity index (χ4n) is 1.36. The monoisotopic (exact) mass is 239 g/mol. The average Bonchev–Trinajstić information content (AvgIpc) is 2.31. The fraction of sp³-hybridized carbons (Fsp3) is 0.385. The van der Waals surface area contributed by atoms with Gasteiger partial charge in [0, 0.05) is 11.6 Å². The van der Waals surface area contributed by atoms with Crippen molar-refractivity contribution in [3.8, 4) is 5.75 Å². The van der Waals surface area contributed by atoms with Crippen LogP contribution in [0.4, 0.5) is 0 Å². The normalized spacial score (nSPS) is 12.9. The minimum absolute atomic E-state index is 0.492. The van der Waals surface area contributed by atoms with E-state index < -0.39 is 0 Å². The van der Waals surface area contributed by atoms with Crippen LogP contribution in [0.2, 0.25) is 0 Å². The summed E-state index contributed by atoms with van der Waals surface area (Å²) < 4.78 is 5.45. The van der Waals surface area contributed by atoms with Crippen molar-refractivity contribution < 1.29 is 4.74 Å². The third-order valence-corrected chi connectivity index (χ3v) is 2.57. The molecule has 0 fully saturated rings. The molecule has 0 aliphatic carbocycles. The molecule has 1 aromatic carbocycles. The van der Waals surface area contributed by atoms with E-state index in [0.717, 1.165) is 12.2 Å². The molecule has 0 bridgehead atoms. The standard InChI is InChI=1S/C13H18ClNO/c1-11(15-2)10-12-4-6-13(7-5-12)16-9-3-8-14/h3-8,11,15H,9-10H2,1-2H3/b8-3+. The SMILES string of the molecule is CNC(C)Cc1ccc(OC/C=C/Cl)cc1. The van der Waals surface area contributed by atoms with E-state index in [9.17, 15) is 0 Å². The summed E-state index contributed by atoms with van der Waals surface area (Å²) in [6.07, 6.45) is 2.79. The smallest absolute Gasteiger partial charge is 0.119 e. The molecular formula is C13H18ClNO. The van der Waals surface area contributed by atoms with E-state index >= 15 is 0 Å². The molecule has 0 radical (unpaired) electrons. The number of hydrogen-bond acceptors (Lipinski definition) is 2. The Morgan fingerprint density at radius 2 is 2.06 bits per heavy atom. The Labute approximate surface area is 102 Å². The van der Waals surface area contributed by atoms with E-state index in [1.807, 2.05) is 19.2 Å². The van der Waals surface area contributed by atoms with E-state index in [2.05, 4.69) is 24.4 Å². The first-order valence-electron chi connectivity index (χ1n) is 5.40. The van der Waals surface area contributed by atoms with Gasteiger partial charge in [-0.2, -0.15) is 0 Å². The van der Waals surface area contributed by atoms with Crippen molar-refractivity contribution in [3.63, 3.8) is 0 Å². The quantitative estimate of drug-likeness (QED) is 0.824. The number of halogens is 1. The van der Waals surface area contributed by atoms with Gasteiger partial charge in [-0.3, -0.25) is 0 Å². The molecule has 1 N–H and O–H groups in total. The highest BCUT2D eigenvalue weighted by Crippen LogP contribution is 2.13. The van der Waals surface area contributed by atoms with Crippen LogP contribution in [0.15, 0.2) is 35.9 Å². The zero-order valence-electron chi connectivity index (χ0n) is 9.74. The van der Waals surface area contributed by atoms with Gasteiger partial charge in [0.15, 0.2) is 0 Å². The van der Waals surface area contributed by atoms with Gasteiger partial charge >= 0.3 is 0 Å². The molecule has 2 nitrogen and oxygen atoms in total. The molecule has 1 unspecified atom stereocenters. The molecule has 88 valence electrons. The number of hydrogen-bond donors (Lipinski definition) is 1. The van der Waals surface area contributed by atoms with Gasteiger partial charge in [-0.05, 0) is 44.2 Å². The fourth-order valence-corrected chi connectivity index (χ4v) is 1.43. The molecule has 3 heteroatoms. The average molecular weight is 240 g/mol. The summed E-state index contributed by atoms with van der Waals surface area (Å²) in [5.41, 5.74) is 2.77. The highest BCUT2D eigenvalue weighted by atomic mass is 35.5. The Morgan fingerprint density at radius 1 is 1.38 bits per heavy atom. The summed E-state index contributed by atoms with van der Waals surface area (Å²) >= 11 is 5.40. The summed E-state index contributed by atoms with van der Waals surface area (Å²) in [5.74, 6) is 0.871. The van der Waals surface area contributed by atoms with Gasteiger partial charge in [0.25, 0.3) is 0 Å². The van der Waals surface area contributed by atoms with Crippen molar-refractivity contribution in [2.45, 2.75) is 19.4 Å². The maximum atomic E-state index is 5.45. The topological polar surface area (TPSA) is 21.3 Å². The lowest BCUT2D eigenvalue weighted by Gasteiger charge is -2.10. The Kier molecular flexibility index (Phi) is 5.98. The molecule has 1 rings (SSSR count). The zero-order chi connectivity index (χ0) is 11.8.